The summed E-state index contributed by atoms with van der Waals surface area (Å²) in [6.07, 6.45) is 0.671. The number of aliphatic hydroxyl groups excluding tert-OH is 1. The van der Waals surface area contributed by atoms with Gasteiger partial charge in [-0.15, -0.1) is 0 Å². The van der Waals surface area contributed by atoms with Gasteiger partial charge in [0, 0.05) is 20.0 Å². The molecule has 0 aliphatic carbocycles. The van der Waals surface area contributed by atoms with Gasteiger partial charge in [-0.25, -0.2) is 4.98 Å². The molecule has 2 aromatic heterocycles. The van der Waals surface area contributed by atoms with Crippen LogP contribution in [0.25, 0.3) is 0 Å². The van der Waals surface area contributed by atoms with Gasteiger partial charge in [0.05, 0.1) is 10.4 Å². The third kappa shape index (κ3) is 3.45. The van der Waals surface area contributed by atoms with Gasteiger partial charge in [0.2, 0.25) is 5.51 Å². The molecule has 0 bridgehead atoms. The number of anilines is 1. The second-order valence-corrected chi connectivity index (χ2v) is 5.13. The topological polar surface area (TPSA) is 86.8 Å². The van der Waals surface area contributed by atoms with Gasteiger partial charge in [0.15, 0.2) is 12.2 Å². The van der Waals surface area contributed by atoms with Crippen LogP contribution in [0.2, 0.25) is 0 Å². The Hall–Kier alpha value is -1.68. The van der Waals surface area contributed by atoms with E-state index in [4.69, 9.17) is 16.1 Å². The maximum atomic E-state index is 8.98. The van der Waals surface area contributed by atoms with Crippen molar-refractivity contribution < 1.29 is 22.1 Å². The van der Waals surface area contributed by atoms with Crippen molar-refractivity contribution in [3.8, 4) is 6.07 Å². The van der Waals surface area contributed by atoms with Crippen molar-refractivity contribution in [2.75, 3.05) is 12.3 Å². The van der Waals surface area contributed by atoms with Gasteiger partial charge in [-0.05, 0) is 12.1 Å². The summed E-state index contributed by atoms with van der Waals surface area (Å²) in [4.78, 5) is 5.20. The van der Waals surface area contributed by atoms with E-state index in [1.54, 1.807) is 17.4 Å². The minimum absolute atomic E-state index is 0. The van der Waals surface area contributed by atoms with E-state index in [9.17, 15) is 0 Å². The molecule has 0 fully saturated rings. The fraction of sp³-hybridized carbons (Fsp3) is 0.308. The average Bonchev–Trinajstić information content (AvgIpc) is 2.74. The molecular weight excluding hydrogens is 296 g/mol. The number of pyridine rings is 1. The number of aromatic nitrogens is 2. The van der Waals surface area contributed by atoms with Gasteiger partial charge in [-0.3, -0.25) is 0 Å². The number of nitriles is 1. The molecule has 0 unspecified atom stereocenters. The second-order valence-electron chi connectivity index (χ2n) is 4.19. The van der Waals surface area contributed by atoms with Crippen molar-refractivity contribution >= 4 is 17.2 Å². The molecule has 0 atom stereocenters. The van der Waals surface area contributed by atoms with E-state index in [0.717, 1.165) is 11.3 Å². The number of thiazole rings is 1. The summed E-state index contributed by atoms with van der Waals surface area (Å²) < 4.78 is 2.08. The molecular formula is C13H15ClN4OS. The highest BCUT2D eigenvalue weighted by atomic mass is 35.5. The first-order valence-electron chi connectivity index (χ1n) is 5.88. The van der Waals surface area contributed by atoms with E-state index in [0.29, 0.717) is 24.5 Å². The maximum Gasteiger partial charge on any atom is 0.225 e. The Kier molecular flexibility index (Phi) is 5.89. The van der Waals surface area contributed by atoms with E-state index in [1.165, 1.54) is 4.88 Å². The average molecular weight is 311 g/mol. The Labute approximate surface area is 127 Å². The Morgan fingerprint density at radius 2 is 2.25 bits per heavy atom. The first kappa shape index (κ1) is 16.4. The SMILES string of the molecule is Cc1c(CCO)sc[n+]1Cc1ccc(C#N)nc1N.[Cl-]. The minimum Gasteiger partial charge on any atom is -1.00 e. The van der Waals surface area contributed by atoms with Crippen LogP contribution in [-0.2, 0) is 13.0 Å². The standard InChI is InChI=1S/C13H15N4OS.ClH/c1-9-12(4-5-18)19-8-17(9)7-10-2-3-11(6-14)16-13(10)15;/h2-3,8,18H,4-5,7H2,1H3,(H2,15,16);1H/q+1;/p-1. The highest BCUT2D eigenvalue weighted by Gasteiger charge is 2.16. The highest BCUT2D eigenvalue weighted by molar-refractivity contribution is 7.09. The Morgan fingerprint density at radius 3 is 2.85 bits per heavy atom. The van der Waals surface area contributed by atoms with E-state index < -0.39 is 0 Å². The van der Waals surface area contributed by atoms with E-state index in [2.05, 4.69) is 9.55 Å². The fourth-order valence-corrected chi connectivity index (χ4v) is 2.82. The molecule has 20 heavy (non-hydrogen) atoms. The van der Waals surface area contributed by atoms with Gasteiger partial charge >= 0.3 is 0 Å². The zero-order valence-corrected chi connectivity index (χ0v) is 12.6. The molecule has 2 heterocycles. The van der Waals surface area contributed by atoms with Crippen LogP contribution in [0, 0.1) is 18.3 Å². The van der Waals surface area contributed by atoms with Gasteiger partial charge < -0.3 is 23.2 Å². The zero-order valence-electron chi connectivity index (χ0n) is 11.0. The van der Waals surface area contributed by atoms with Gasteiger partial charge in [0.25, 0.3) is 0 Å². The first-order valence-corrected chi connectivity index (χ1v) is 6.76. The summed E-state index contributed by atoms with van der Waals surface area (Å²) in [6.45, 7) is 2.80. The molecule has 7 heteroatoms. The van der Waals surface area contributed by atoms with E-state index in [-0.39, 0.29) is 19.0 Å². The summed E-state index contributed by atoms with van der Waals surface area (Å²) in [6, 6.07) is 5.47. The molecule has 0 amide bonds. The summed E-state index contributed by atoms with van der Waals surface area (Å²) in [5.41, 5.74) is 10.2. The number of hydrogen-bond acceptors (Lipinski definition) is 5. The predicted octanol–water partition coefficient (Wildman–Crippen LogP) is -2.22. The number of hydrogen-bond donors (Lipinski definition) is 2. The molecule has 5 nitrogen and oxygen atoms in total. The third-order valence-corrected chi connectivity index (χ3v) is 4.11. The molecule has 0 saturated carbocycles. The minimum atomic E-state index is 0. The molecule has 106 valence electrons. The lowest BCUT2D eigenvalue weighted by molar-refractivity contribution is -0.689. The number of nitrogens with zero attached hydrogens (tertiary/aromatic N) is 3. The van der Waals surface area contributed by atoms with Crippen molar-refractivity contribution in [1.82, 2.24) is 4.98 Å². The van der Waals surface area contributed by atoms with Crippen molar-refractivity contribution in [2.24, 2.45) is 0 Å². The zero-order chi connectivity index (χ0) is 13.8. The number of halogens is 1. The molecule has 0 radical (unpaired) electrons. The molecule has 0 saturated heterocycles. The van der Waals surface area contributed by atoms with E-state index in [1.807, 2.05) is 24.6 Å². The van der Waals surface area contributed by atoms with Crippen LogP contribution < -0.4 is 22.7 Å². The lowest BCUT2D eigenvalue weighted by atomic mass is 10.2. The van der Waals surface area contributed by atoms with Crippen molar-refractivity contribution in [3.05, 3.63) is 39.5 Å². The van der Waals surface area contributed by atoms with Crippen molar-refractivity contribution in [3.63, 3.8) is 0 Å². The Bertz CT molecular complexity index is 636. The summed E-state index contributed by atoms with van der Waals surface area (Å²) in [5.74, 6) is 0.390. The fourth-order valence-electron chi connectivity index (χ4n) is 1.83. The Morgan fingerprint density at radius 1 is 1.50 bits per heavy atom. The normalized spacial score (nSPS) is 9.85. The summed E-state index contributed by atoms with van der Waals surface area (Å²) in [5, 5.41) is 17.7. The molecule has 2 rings (SSSR count). The number of aliphatic hydroxyl groups is 1. The number of nitrogens with two attached hydrogens (primary N) is 1. The molecule has 0 aromatic carbocycles. The predicted molar refractivity (Wildman–Crippen MR) is 72.5 cm³/mol. The van der Waals surface area contributed by atoms with Crippen LogP contribution in [0.5, 0.6) is 0 Å². The molecule has 2 aromatic rings. The van der Waals surface area contributed by atoms with Crippen LogP contribution >= 0.6 is 11.3 Å². The van der Waals surface area contributed by atoms with Gasteiger partial charge in [-0.2, -0.15) is 9.83 Å². The molecule has 0 aliphatic heterocycles. The quantitative estimate of drug-likeness (QED) is 0.626. The van der Waals surface area contributed by atoms with Gasteiger partial charge in [-0.1, -0.05) is 11.3 Å². The van der Waals surface area contributed by atoms with Crippen LogP contribution in [-0.4, -0.2) is 16.7 Å². The first-order chi connectivity index (χ1) is 9.15. The molecule has 0 aliphatic rings. The molecule has 3 N–H and O–H groups in total. The number of nitrogen functional groups attached to an aromatic ring is 1. The highest BCUT2D eigenvalue weighted by Crippen LogP contribution is 2.14. The second kappa shape index (κ2) is 7.20. The lowest BCUT2D eigenvalue weighted by Gasteiger charge is -2.01. The van der Waals surface area contributed by atoms with Crippen molar-refractivity contribution in [1.29, 1.82) is 5.26 Å². The van der Waals surface area contributed by atoms with E-state index >= 15 is 0 Å². The number of rotatable bonds is 4. The van der Waals surface area contributed by atoms with Crippen molar-refractivity contribution in [2.45, 2.75) is 19.9 Å². The third-order valence-electron chi connectivity index (χ3n) is 2.96. The summed E-state index contributed by atoms with van der Waals surface area (Å²) >= 11 is 1.62. The van der Waals surface area contributed by atoms with Crippen LogP contribution in [0.15, 0.2) is 17.6 Å². The summed E-state index contributed by atoms with van der Waals surface area (Å²) in [7, 11) is 0. The molecule has 0 spiro atoms. The smallest absolute Gasteiger partial charge is 0.225 e. The van der Waals surface area contributed by atoms with Crippen LogP contribution in [0.4, 0.5) is 5.82 Å². The monoisotopic (exact) mass is 310 g/mol. The van der Waals surface area contributed by atoms with Crippen LogP contribution in [0.1, 0.15) is 21.8 Å². The van der Waals surface area contributed by atoms with Crippen LogP contribution in [0.3, 0.4) is 0 Å². The largest absolute Gasteiger partial charge is 1.00 e. The Balaban J connectivity index is 0.00000200. The lowest BCUT2D eigenvalue weighted by Crippen LogP contribution is -3.00. The maximum absolute atomic E-state index is 8.98. The van der Waals surface area contributed by atoms with Gasteiger partial charge in [0.1, 0.15) is 17.6 Å².